The highest BCUT2D eigenvalue weighted by molar-refractivity contribution is 7.99. The number of nitrogens with zero attached hydrogens (tertiary/aromatic N) is 4. The fourth-order valence-electron chi connectivity index (χ4n) is 4.73. The average Bonchev–Trinajstić information content (AvgIpc) is 3.22. The van der Waals surface area contributed by atoms with Gasteiger partial charge in [-0.3, -0.25) is 9.36 Å². The largest absolute Gasteiger partial charge is 0.342 e. The zero-order valence-corrected chi connectivity index (χ0v) is 18.2. The highest BCUT2D eigenvalue weighted by Crippen LogP contribution is 2.35. The Balaban J connectivity index is 1.50. The Labute approximate surface area is 178 Å². The van der Waals surface area contributed by atoms with Crippen LogP contribution in [0.1, 0.15) is 70.3 Å². The van der Waals surface area contributed by atoms with Crippen molar-refractivity contribution < 1.29 is 4.79 Å². The van der Waals surface area contributed by atoms with Crippen LogP contribution in [0.15, 0.2) is 35.5 Å². The summed E-state index contributed by atoms with van der Waals surface area (Å²) in [5.41, 5.74) is 1.10. The lowest BCUT2D eigenvalue weighted by Crippen LogP contribution is -2.39. The number of aromatic nitrogens is 3. The first-order valence-corrected chi connectivity index (χ1v) is 12.1. The summed E-state index contributed by atoms with van der Waals surface area (Å²) >= 11 is 1.55. The van der Waals surface area contributed by atoms with Gasteiger partial charge in [0.1, 0.15) is 0 Å². The summed E-state index contributed by atoms with van der Waals surface area (Å²) in [7, 11) is 1.97. The third-order valence-electron chi connectivity index (χ3n) is 6.48. The number of amides is 1. The third-order valence-corrected chi connectivity index (χ3v) is 7.40. The maximum Gasteiger partial charge on any atom is 0.233 e. The number of benzene rings is 1. The minimum atomic E-state index is 0.210. The van der Waals surface area contributed by atoms with Crippen LogP contribution in [0.5, 0.6) is 0 Å². The summed E-state index contributed by atoms with van der Waals surface area (Å²) in [5.74, 6) is 1.58. The number of carbonyl (C=O) groups excluding carboxylic acids is 1. The van der Waals surface area contributed by atoms with Crippen LogP contribution in [0.4, 0.5) is 0 Å². The van der Waals surface area contributed by atoms with Crippen LogP contribution in [0.2, 0.25) is 0 Å². The van der Waals surface area contributed by atoms with E-state index in [1.54, 1.807) is 11.8 Å². The van der Waals surface area contributed by atoms with E-state index >= 15 is 0 Å². The van der Waals surface area contributed by atoms with Gasteiger partial charge in [0.15, 0.2) is 11.0 Å². The highest BCUT2D eigenvalue weighted by atomic mass is 32.2. The molecule has 0 N–H and O–H groups in total. The molecule has 1 amide bonds. The van der Waals surface area contributed by atoms with Gasteiger partial charge >= 0.3 is 0 Å². The van der Waals surface area contributed by atoms with Crippen LogP contribution in [0, 0.1) is 0 Å². The molecule has 2 aliphatic rings. The monoisotopic (exact) mass is 412 g/mol. The van der Waals surface area contributed by atoms with Gasteiger partial charge in [0.05, 0.1) is 5.75 Å². The van der Waals surface area contributed by atoms with Gasteiger partial charge in [-0.2, -0.15) is 0 Å². The Morgan fingerprint density at radius 3 is 2.34 bits per heavy atom. The Morgan fingerprint density at radius 2 is 1.66 bits per heavy atom. The zero-order valence-electron chi connectivity index (χ0n) is 17.4. The molecule has 5 nitrogen and oxygen atoms in total. The maximum absolute atomic E-state index is 12.8. The first-order valence-electron chi connectivity index (χ1n) is 11.1. The van der Waals surface area contributed by atoms with E-state index in [0.29, 0.717) is 17.8 Å². The lowest BCUT2D eigenvalue weighted by atomic mass is 9.94. The van der Waals surface area contributed by atoms with E-state index in [1.807, 2.05) is 30.1 Å². The van der Waals surface area contributed by atoms with Gasteiger partial charge in [-0.05, 0) is 25.7 Å². The topological polar surface area (TPSA) is 51.0 Å². The number of thioether (sulfide) groups is 1. The quantitative estimate of drug-likeness (QED) is 0.602. The Bertz CT molecular complexity index is 794. The van der Waals surface area contributed by atoms with Crippen LogP contribution in [0.25, 0.3) is 11.4 Å². The first kappa shape index (κ1) is 20.5. The van der Waals surface area contributed by atoms with E-state index in [-0.39, 0.29) is 5.91 Å². The number of carbonyl (C=O) groups is 1. The Morgan fingerprint density at radius 1 is 1.00 bits per heavy atom. The van der Waals surface area contributed by atoms with Crippen LogP contribution in [-0.2, 0) is 4.79 Å². The van der Waals surface area contributed by atoms with Gasteiger partial charge < -0.3 is 4.90 Å². The van der Waals surface area contributed by atoms with E-state index in [0.717, 1.165) is 29.4 Å². The summed E-state index contributed by atoms with van der Waals surface area (Å²) in [6, 6.07) is 11.2. The molecule has 1 aromatic heterocycles. The molecule has 4 rings (SSSR count). The lowest BCUT2D eigenvalue weighted by molar-refractivity contribution is -0.129. The van der Waals surface area contributed by atoms with Crippen LogP contribution in [-0.4, -0.2) is 44.4 Å². The summed E-state index contributed by atoms with van der Waals surface area (Å²) in [4.78, 5) is 14.8. The van der Waals surface area contributed by atoms with Crippen LogP contribution < -0.4 is 0 Å². The molecule has 0 bridgehead atoms. The smallest absolute Gasteiger partial charge is 0.233 e. The van der Waals surface area contributed by atoms with Gasteiger partial charge in [-0.1, -0.05) is 80.6 Å². The van der Waals surface area contributed by atoms with Crippen molar-refractivity contribution in [2.75, 3.05) is 12.8 Å². The Kier molecular flexibility index (Phi) is 6.90. The van der Waals surface area contributed by atoms with Crippen molar-refractivity contribution in [3.63, 3.8) is 0 Å². The van der Waals surface area contributed by atoms with Gasteiger partial charge in [0, 0.05) is 24.7 Å². The third kappa shape index (κ3) is 4.85. The van der Waals surface area contributed by atoms with Gasteiger partial charge in [0.2, 0.25) is 5.91 Å². The predicted molar refractivity (Wildman–Crippen MR) is 118 cm³/mol. The fourth-order valence-corrected chi connectivity index (χ4v) is 5.66. The molecule has 2 aliphatic carbocycles. The molecule has 0 radical (unpaired) electrons. The normalized spacial score (nSPS) is 18.7. The highest BCUT2D eigenvalue weighted by Gasteiger charge is 2.26. The standard InChI is InChI=1S/C23H32N4OS/c1-26(19-13-7-3-8-14-19)21(28)17-29-23-25-24-22(18-11-5-2-6-12-18)27(23)20-15-9-4-10-16-20/h2,5-6,11-12,19-20H,3-4,7-10,13-17H2,1H3. The molecule has 6 heteroatoms. The predicted octanol–water partition coefficient (Wildman–Crippen LogP) is 5.33. The summed E-state index contributed by atoms with van der Waals surface area (Å²) < 4.78 is 2.31. The maximum atomic E-state index is 12.8. The molecular weight excluding hydrogens is 380 g/mol. The van der Waals surface area contributed by atoms with E-state index in [2.05, 4.69) is 26.9 Å². The molecule has 1 heterocycles. The minimum absolute atomic E-state index is 0.210. The van der Waals surface area contributed by atoms with E-state index < -0.39 is 0 Å². The molecule has 0 unspecified atom stereocenters. The van der Waals surface area contributed by atoms with E-state index in [1.165, 1.54) is 51.4 Å². The van der Waals surface area contributed by atoms with Crippen molar-refractivity contribution in [1.82, 2.24) is 19.7 Å². The number of hydrogen-bond donors (Lipinski definition) is 0. The van der Waals surface area contributed by atoms with Crippen molar-refractivity contribution in [2.24, 2.45) is 0 Å². The molecule has 0 saturated heterocycles. The van der Waals surface area contributed by atoms with Crippen molar-refractivity contribution in [3.8, 4) is 11.4 Å². The summed E-state index contributed by atoms with van der Waals surface area (Å²) in [6.07, 6.45) is 12.2. The number of rotatable bonds is 6. The fraction of sp³-hybridized carbons (Fsp3) is 0.609. The van der Waals surface area contributed by atoms with Gasteiger partial charge in [-0.15, -0.1) is 10.2 Å². The van der Waals surface area contributed by atoms with Gasteiger partial charge in [0.25, 0.3) is 0 Å². The Hall–Kier alpha value is -1.82. The second-order valence-corrected chi connectivity index (χ2v) is 9.36. The zero-order chi connectivity index (χ0) is 20.1. The van der Waals surface area contributed by atoms with Crippen LogP contribution in [0.3, 0.4) is 0 Å². The minimum Gasteiger partial charge on any atom is -0.342 e. The first-order chi connectivity index (χ1) is 14.2. The molecule has 1 aromatic carbocycles. The molecule has 2 fully saturated rings. The molecule has 2 saturated carbocycles. The second-order valence-electron chi connectivity index (χ2n) is 8.42. The van der Waals surface area contributed by atoms with Gasteiger partial charge in [-0.25, -0.2) is 0 Å². The van der Waals surface area contributed by atoms with Crippen LogP contribution >= 0.6 is 11.8 Å². The van der Waals surface area contributed by atoms with E-state index in [9.17, 15) is 4.79 Å². The van der Waals surface area contributed by atoms with Crippen molar-refractivity contribution in [3.05, 3.63) is 30.3 Å². The molecule has 29 heavy (non-hydrogen) atoms. The molecule has 2 aromatic rings. The SMILES string of the molecule is CN(C(=O)CSc1nnc(-c2ccccc2)n1C1CCCCC1)C1CCCCC1. The molecule has 0 aliphatic heterocycles. The van der Waals surface area contributed by atoms with E-state index in [4.69, 9.17) is 0 Å². The van der Waals surface area contributed by atoms with Crippen molar-refractivity contribution in [2.45, 2.75) is 81.4 Å². The molecule has 0 atom stereocenters. The lowest BCUT2D eigenvalue weighted by Gasteiger charge is -2.31. The molecule has 156 valence electrons. The average molecular weight is 413 g/mol. The van der Waals surface area contributed by atoms with Crippen molar-refractivity contribution >= 4 is 17.7 Å². The molecule has 0 spiro atoms. The van der Waals surface area contributed by atoms with Crippen molar-refractivity contribution in [1.29, 1.82) is 0 Å². The molecular formula is C23H32N4OS. The number of hydrogen-bond acceptors (Lipinski definition) is 4. The second kappa shape index (κ2) is 9.79. The summed E-state index contributed by atoms with van der Waals surface area (Å²) in [5, 5.41) is 9.95. The summed E-state index contributed by atoms with van der Waals surface area (Å²) in [6.45, 7) is 0.